The molecule has 1 N–H and O–H groups in total. The molecular formula is C23H27N5O. The molecule has 4 rings (SSSR count). The first-order chi connectivity index (χ1) is 14.0. The summed E-state index contributed by atoms with van der Waals surface area (Å²) < 4.78 is 1.69. The van der Waals surface area contributed by atoms with E-state index in [1.165, 1.54) is 11.1 Å². The molecule has 0 saturated heterocycles. The highest BCUT2D eigenvalue weighted by molar-refractivity contribution is 5.91. The fraction of sp³-hybridized carbons (Fsp3) is 0.348. The van der Waals surface area contributed by atoms with Gasteiger partial charge in [-0.25, -0.2) is 4.68 Å². The third kappa shape index (κ3) is 4.54. The molecule has 0 atom stereocenters. The lowest BCUT2D eigenvalue weighted by Crippen LogP contribution is -2.53. The molecule has 3 aromatic rings. The first-order valence-electron chi connectivity index (χ1n) is 10.1. The topological polar surface area (TPSA) is 63.1 Å². The second-order valence-electron chi connectivity index (χ2n) is 8.22. The van der Waals surface area contributed by atoms with Crippen LogP contribution in [0.3, 0.4) is 0 Å². The van der Waals surface area contributed by atoms with Crippen LogP contribution in [-0.4, -0.2) is 44.4 Å². The summed E-state index contributed by atoms with van der Waals surface area (Å²) >= 11 is 0. The second kappa shape index (κ2) is 8.17. The summed E-state index contributed by atoms with van der Waals surface area (Å²) in [4.78, 5) is 15.0. The molecule has 0 bridgehead atoms. The summed E-state index contributed by atoms with van der Waals surface area (Å²) in [7, 11) is 0. The highest BCUT2D eigenvalue weighted by Crippen LogP contribution is 2.25. The lowest BCUT2D eigenvalue weighted by atomic mass is 9.94. The fourth-order valence-corrected chi connectivity index (χ4v) is 3.76. The Morgan fingerprint density at radius 1 is 1.07 bits per heavy atom. The predicted octanol–water partition coefficient (Wildman–Crippen LogP) is 2.89. The maximum Gasteiger partial charge on any atom is 0.273 e. The van der Waals surface area contributed by atoms with E-state index in [0.29, 0.717) is 18.8 Å². The standard InChI is InChI=1S/C23H27N5O/c1-23(2,27-13-12-19-10-6-7-11-20(19)15-27)17-24-22(29)21-16-28(26-25-21)14-18-8-4-3-5-9-18/h3-11,16H,12-15,17H2,1-2H3,(H,24,29). The van der Waals surface area contributed by atoms with E-state index in [-0.39, 0.29) is 11.4 Å². The fourth-order valence-electron chi connectivity index (χ4n) is 3.76. The number of fused-ring (bicyclic) bond motifs is 1. The van der Waals surface area contributed by atoms with Crippen molar-refractivity contribution in [3.63, 3.8) is 0 Å². The van der Waals surface area contributed by atoms with Gasteiger partial charge in [0.25, 0.3) is 5.91 Å². The third-order valence-corrected chi connectivity index (χ3v) is 5.63. The number of benzene rings is 2. The van der Waals surface area contributed by atoms with Gasteiger partial charge in [0.2, 0.25) is 0 Å². The van der Waals surface area contributed by atoms with Crippen LogP contribution in [0.1, 0.15) is 41.0 Å². The second-order valence-corrected chi connectivity index (χ2v) is 8.22. The maximum atomic E-state index is 12.6. The van der Waals surface area contributed by atoms with Crippen molar-refractivity contribution >= 4 is 5.91 Å². The van der Waals surface area contributed by atoms with Gasteiger partial charge in [0.15, 0.2) is 5.69 Å². The molecule has 0 aliphatic carbocycles. The summed E-state index contributed by atoms with van der Waals surface area (Å²) in [6, 6.07) is 18.6. The van der Waals surface area contributed by atoms with E-state index >= 15 is 0 Å². The normalized spacial score (nSPS) is 14.4. The zero-order valence-electron chi connectivity index (χ0n) is 17.0. The van der Waals surface area contributed by atoms with Gasteiger partial charge in [-0.05, 0) is 37.0 Å². The highest BCUT2D eigenvalue weighted by atomic mass is 16.2. The number of carbonyl (C=O) groups is 1. The summed E-state index contributed by atoms with van der Waals surface area (Å²) in [5.74, 6) is -0.185. The van der Waals surface area contributed by atoms with Crippen molar-refractivity contribution < 1.29 is 4.79 Å². The van der Waals surface area contributed by atoms with Crippen molar-refractivity contribution in [2.75, 3.05) is 13.1 Å². The third-order valence-electron chi connectivity index (χ3n) is 5.63. The molecule has 1 aliphatic rings. The smallest absolute Gasteiger partial charge is 0.273 e. The molecule has 29 heavy (non-hydrogen) atoms. The van der Waals surface area contributed by atoms with Gasteiger partial charge in [-0.1, -0.05) is 59.8 Å². The van der Waals surface area contributed by atoms with Crippen LogP contribution in [0.2, 0.25) is 0 Å². The van der Waals surface area contributed by atoms with Gasteiger partial charge >= 0.3 is 0 Å². The van der Waals surface area contributed by atoms with Crippen LogP contribution in [0.25, 0.3) is 0 Å². The van der Waals surface area contributed by atoms with E-state index in [2.05, 4.69) is 58.6 Å². The van der Waals surface area contributed by atoms with Crippen LogP contribution in [0.15, 0.2) is 60.8 Å². The number of nitrogens with one attached hydrogen (secondary N) is 1. The predicted molar refractivity (Wildman–Crippen MR) is 113 cm³/mol. The van der Waals surface area contributed by atoms with Crippen LogP contribution in [0.4, 0.5) is 0 Å². The molecule has 150 valence electrons. The molecule has 6 nitrogen and oxygen atoms in total. The van der Waals surface area contributed by atoms with Crippen LogP contribution >= 0.6 is 0 Å². The number of hydrogen-bond acceptors (Lipinski definition) is 4. The van der Waals surface area contributed by atoms with Gasteiger partial charge in [-0.3, -0.25) is 9.69 Å². The van der Waals surface area contributed by atoms with Crippen LogP contribution in [0, 0.1) is 0 Å². The van der Waals surface area contributed by atoms with E-state index < -0.39 is 0 Å². The van der Waals surface area contributed by atoms with Crippen LogP contribution in [0.5, 0.6) is 0 Å². The van der Waals surface area contributed by atoms with E-state index in [9.17, 15) is 4.79 Å². The van der Waals surface area contributed by atoms with E-state index in [0.717, 1.165) is 25.1 Å². The van der Waals surface area contributed by atoms with Gasteiger partial charge in [-0.2, -0.15) is 0 Å². The number of hydrogen-bond donors (Lipinski definition) is 1. The highest BCUT2D eigenvalue weighted by Gasteiger charge is 2.30. The van der Waals surface area contributed by atoms with Crippen molar-refractivity contribution in [1.82, 2.24) is 25.2 Å². The lowest BCUT2D eigenvalue weighted by molar-refractivity contribution is 0.0822. The zero-order valence-corrected chi connectivity index (χ0v) is 17.0. The Morgan fingerprint density at radius 2 is 1.79 bits per heavy atom. The lowest BCUT2D eigenvalue weighted by Gasteiger charge is -2.41. The zero-order chi connectivity index (χ0) is 20.3. The SMILES string of the molecule is CC(C)(CNC(=O)c1cn(Cc2ccccc2)nn1)N1CCc2ccccc2C1. The van der Waals surface area contributed by atoms with E-state index in [4.69, 9.17) is 0 Å². The molecule has 6 heteroatoms. The number of aromatic nitrogens is 3. The Hall–Kier alpha value is -2.99. The van der Waals surface area contributed by atoms with Crippen molar-refractivity contribution in [2.45, 2.75) is 38.9 Å². The Kier molecular flexibility index (Phi) is 5.45. The molecule has 2 heterocycles. The monoisotopic (exact) mass is 389 g/mol. The Labute approximate surface area is 171 Å². The largest absolute Gasteiger partial charge is 0.349 e. The van der Waals surface area contributed by atoms with Crippen molar-refractivity contribution in [3.05, 3.63) is 83.2 Å². The van der Waals surface area contributed by atoms with Gasteiger partial charge in [-0.15, -0.1) is 5.10 Å². The maximum absolute atomic E-state index is 12.6. The average Bonchev–Trinajstić information content (AvgIpc) is 3.21. The molecule has 1 aromatic heterocycles. The molecule has 0 spiro atoms. The summed E-state index contributed by atoms with van der Waals surface area (Å²) in [6.07, 6.45) is 2.74. The number of nitrogens with zero attached hydrogens (tertiary/aromatic N) is 4. The quantitative estimate of drug-likeness (QED) is 0.704. The van der Waals surface area contributed by atoms with Crippen LogP contribution < -0.4 is 5.32 Å². The first kappa shape index (κ1) is 19.3. The Balaban J connectivity index is 1.34. The van der Waals surface area contributed by atoms with Gasteiger partial charge < -0.3 is 5.32 Å². The molecule has 0 saturated carbocycles. The molecule has 1 amide bonds. The number of carbonyl (C=O) groups excluding carboxylic acids is 1. The van der Waals surface area contributed by atoms with Crippen LogP contribution in [-0.2, 0) is 19.5 Å². The summed E-state index contributed by atoms with van der Waals surface area (Å²) in [5.41, 5.74) is 4.13. The Bertz CT molecular complexity index is 980. The van der Waals surface area contributed by atoms with Crippen molar-refractivity contribution in [2.24, 2.45) is 0 Å². The molecule has 0 radical (unpaired) electrons. The summed E-state index contributed by atoms with van der Waals surface area (Å²) in [6.45, 7) is 7.40. The number of amides is 1. The minimum absolute atomic E-state index is 0.150. The van der Waals surface area contributed by atoms with Gasteiger partial charge in [0.05, 0.1) is 12.7 Å². The van der Waals surface area contributed by atoms with E-state index in [1.807, 2.05) is 30.3 Å². The van der Waals surface area contributed by atoms with Crippen molar-refractivity contribution in [1.29, 1.82) is 0 Å². The minimum atomic E-state index is -0.185. The molecule has 0 fully saturated rings. The number of rotatable bonds is 6. The van der Waals surface area contributed by atoms with E-state index in [1.54, 1.807) is 10.9 Å². The van der Waals surface area contributed by atoms with Gasteiger partial charge in [0.1, 0.15) is 0 Å². The Morgan fingerprint density at radius 3 is 2.59 bits per heavy atom. The first-order valence-corrected chi connectivity index (χ1v) is 10.1. The minimum Gasteiger partial charge on any atom is -0.349 e. The molecule has 0 unspecified atom stereocenters. The van der Waals surface area contributed by atoms with Crippen molar-refractivity contribution in [3.8, 4) is 0 Å². The molecular weight excluding hydrogens is 362 g/mol. The average molecular weight is 390 g/mol. The molecule has 2 aromatic carbocycles. The molecule has 1 aliphatic heterocycles. The van der Waals surface area contributed by atoms with Gasteiger partial charge in [0, 0.05) is 25.2 Å². The summed E-state index contributed by atoms with van der Waals surface area (Å²) in [5, 5.41) is 11.2.